The summed E-state index contributed by atoms with van der Waals surface area (Å²) in [6.45, 7) is 2.21. The van der Waals surface area contributed by atoms with Gasteiger partial charge in [-0.25, -0.2) is 4.79 Å². The number of carboxylic acid groups (broad SMARTS) is 1. The SMILES string of the molecule is C[C@H]1CC(Nc2ccccc2C(=O)O)c2ccsc2S1. The van der Waals surface area contributed by atoms with Gasteiger partial charge in [0.2, 0.25) is 0 Å². The summed E-state index contributed by atoms with van der Waals surface area (Å²) < 4.78 is 1.34. The lowest BCUT2D eigenvalue weighted by Gasteiger charge is -2.28. The minimum atomic E-state index is -0.892. The van der Waals surface area contributed by atoms with Crippen molar-refractivity contribution in [1.29, 1.82) is 0 Å². The number of thioether (sulfide) groups is 1. The Bertz CT molecular complexity index is 638. The van der Waals surface area contributed by atoms with Crippen molar-refractivity contribution in [3.63, 3.8) is 0 Å². The summed E-state index contributed by atoms with van der Waals surface area (Å²) >= 11 is 3.67. The second kappa shape index (κ2) is 5.50. The van der Waals surface area contributed by atoms with Crippen LogP contribution in [0.25, 0.3) is 0 Å². The van der Waals surface area contributed by atoms with Crippen molar-refractivity contribution in [2.24, 2.45) is 0 Å². The van der Waals surface area contributed by atoms with E-state index in [0.717, 1.165) is 6.42 Å². The molecule has 2 aromatic rings. The quantitative estimate of drug-likeness (QED) is 0.877. The van der Waals surface area contributed by atoms with E-state index in [2.05, 4.69) is 23.7 Å². The Hall–Kier alpha value is -1.46. The smallest absolute Gasteiger partial charge is 0.337 e. The van der Waals surface area contributed by atoms with Gasteiger partial charge in [0.25, 0.3) is 0 Å². The lowest BCUT2D eigenvalue weighted by molar-refractivity contribution is 0.0698. The van der Waals surface area contributed by atoms with Gasteiger partial charge in [0.15, 0.2) is 0 Å². The number of para-hydroxylation sites is 1. The number of hydrogen-bond donors (Lipinski definition) is 2. The van der Waals surface area contributed by atoms with Crippen molar-refractivity contribution in [3.05, 3.63) is 46.8 Å². The van der Waals surface area contributed by atoms with Gasteiger partial charge in [-0.2, -0.15) is 0 Å². The number of carbonyl (C=O) groups is 1. The highest BCUT2D eigenvalue weighted by Crippen LogP contribution is 2.45. The van der Waals surface area contributed by atoms with E-state index in [1.165, 1.54) is 9.77 Å². The first-order valence-corrected chi connectivity index (χ1v) is 8.24. The first-order valence-electron chi connectivity index (χ1n) is 6.48. The van der Waals surface area contributed by atoms with E-state index in [-0.39, 0.29) is 6.04 Å². The fourth-order valence-electron chi connectivity index (χ4n) is 2.47. The first kappa shape index (κ1) is 13.5. The molecule has 0 saturated heterocycles. The van der Waals surface area contributed by atoms with E-state index in [1.54, 1.807) is 23.5 Å². The zero-order valence-corrected chi connectivity index (χ0v) is 12.6. The highest BCUT2D eigenvalue weighted by atomic mass is 32.2. The van der Waals surface area contributed by atoms with Crippen LogP contribution in [-0.4, -0.2) is 16.3 Å². The number of aromatic carboxylic acids is 1. The van der Waals surface area contributed by atoms with Crippen LogP contribution >= 0.6 is 23.1 Å². The molecule has 0 bridgehead atoms. The summed E-state index contributed by atoms with van der Waals surface area (Å²) in [5.41, 5.74) is 2.31. The first-order chi connectivity index (χ1) is 9.65. The highest BCUT2D eigenvalue weighted by molar-refractivity contribution is 8.01. The molecule has 0 radical (unpaired) electrons. The van der Waals surface area contributed by atoms with Gasteiger partial charge in [0.05, 0.1) is 15.8 Å². The minimum absolute atomic E-state index is 0.188. The van der Waals surface area contributed by atoms with Crippen molar-refractivity contribution >= 4 is 34.8 Å². The Labute approximate surface area is 126 Å². The third kappa shape index (κ3) is 2.55. The fourth-order valence-corrected chi connectivity index (χ4v) is 5.04. The van der Waals surface area contributed by atoms with Crippen molar-refractivity contribution in [3.8, 4) is 0 Å². The molecule has 1 aromatic carbocycles. The number of thiophene rings is 1. The van der Waals surface area contributed by atoms with Crippen LogP contribution in [0.2, 0.25) is 0 Å². The Balaban J connectivity index is 1.91. The molecule has 1 aromatic heterocycles. The number of carboxylic acids is 1. The van der Waals surface area contributed by atoms with Gasteiger partial charge in [0.1, 0.15) is 0 Å². The molecule has 2 N–H and O–H groups in total. The molecule has 3 rings (SSSR count). The molecule has 0 aliphatic carbocycles. The number of benzene rings is 1. The summed E-state index contributed by atoms with van der Waals surface area (Å²) in [4.78, 5) is 11.3. The molecule has 1 unspecified atom stereocenters. The molecule has 0 amide bonds. The van der Waals surface area contributed by atoms with E-state index < -0.39 is 5.97 Å². The zero-order chi connectivity index (χ0) is 14.1. The maximum absolute atomic E-state index is 11.3. The van der Waals surface area contributed by atoms with Gasteiger partial charge in [-0.15, -0.1) is 23.1 Å². The molecule has 2 heterocycles. The van der Waals surface area contributed by atoms with E-state index >= 15 is 0 Å². The van der Waals surface area contributed by atoms with Gasteiger partial charge >= 0.3 is 5.97 Å². The Morgan fingerprint density at radius 2 is 2.15 bits per heavy atom. The predicted molar refractivity (Wildman–Crippen MR) is 84.0 cm³/mol. The molecule has 3 nitrogen and oxygen atoms in total. The van der Waals surface area contributed by atoms with Gasteiger partial charge in [-0.1, -0.05) is 19.1 Å². The third-order valence-corrected chi connectivity index (χ3v) is 5.74. The molecule has 20 heavy (non-hydrogen) atoms. The van der Waals surface area contributed by atoms with Crippen LogP contribution in [0.3, 0.4) is 0 Å². The summed E-state index contributed by atoms with van der Waals surface area (Å²) in [5.74, 6) is -0.892. The summed E-state index contributed by atoms with van der Waals surface area (Å²) in [5, 5.41) is 15.3. The van der Waals surface area contributed by atoms with Gasteiger partial charge in [-0.05, 0) is 35.6 Å². The summed E-state index contributed by atoms with van der Waals surface area (Å²) in [6.07, 6.45) is 1.00. The van der Waals surface area contributed by atoms with Gasteiger partial charge in [-0.3, -0.25) is 0 Å². The number of nitrogens with one attached hydrogen (secondary N) is 1. The molecule has 1 aliphatic heterocycles. The van der Waals surface area contributed by atoms with Crippen LogP contribution in [0.4, 0.5) is 5.69 Å². The van der Waals surface area contributed by atoms with Gasteiger partial charge < -0.3 is 10.4 Å². The van der Waals surface area contributed by atoms with E-state index in [0.29, 0.717) is 16.5 Å². The highest BCUT2D eigenvalue weighted by Gasteiger charge is 2.27. The van der Waals surface area contributed by atoms with Crippen LogP contribution in [0, 0.1) is 0 Å². The molecular weight excluding hydrogens is 290 g/mol. The third-order valence-electron chi connectivity index (χ3n) is 3.40. The summed E-state index contributed by atoms with van der Waals surface area (Å²) in [7, 11) is 0. The maximum Gasteiger partial charge on any atom is 0.337 e. The monoisotopic (exact) mass is 305 g/mol. The second-order valence-electron chi connectivity index (χ2n) is 4.88. The van der Waals surface area contributed by atoms with Crippen molar-refractivity contribution in [2.75, 3.05) is 5.32 Å². The average Bonchev–Trinajstić information content (AvgIpc) is 2.87. The van der Waals surface area contributed by atoms with Crippen LogP contribution in [0.1, 0.15) is 35.3 Å². The van der Waals surface area contributed by atoms with Gasteiger partial charge in [0, 0.05) is 10.9 Å². The average molecular weight is 305 g/mol. The van der Waals surface area contributed by atoms with Crippen LogP contribution in [0.15, 0.2) is 39.9 Å². The number of anilines is 1. The summed E-state index contributed by atoms with van der Waals surface area (Å²) in [6, 6.07) is 9.42. The van der Waals surface area contributed by atoms with Crippen molar-refractivity contribution in [1.82, 2.24) is 0 Å². The van der Waals surface area contributed by atoms with Crippen LogP contribution < -0.4 is 5.32 Å². The van der Waals surface area contributed by atoms with E-state index in [1.807, 2.05) is 23.9 Å². The predicted octanol–water partition coefficient (Wildman–Crippen LogP) is 4.48. The molecule has 0 fully saturated rings. The minimum Gasteiger partial charge on any atom is -0.478 e. The molecule has 0 saturated carbocycles. The van der Waals surface area contributed by atoms with Crippen molar-refractivity contribution < 1.29 is 9.90 Å². The lowest BCUT2D eigenvalue weighted by atomic mass is 10.0. The zero-order valence-electron chi connectivity index (χ0n) is 11.0. The molecule has 104 valence electrons. The van der Waals surface area contributed by atoms with Crippen LogP contribution in [-0.2, 0) is 0 Å². The molecular formula is C15H15NO2S2. The Morgan fingerprint density at radius 1 is 1.35 bits per heavy atom. The Morgan fingerprint density at radius 3 is 2.95 bits per heavy atom. The molecule has 0 spiro atoms. The number of hydrogen-bond acceptors (Lipinski definition) is 4. The lowest BCUT2D eigenvalue weighted by Crippen LogP contribution is -2.20. The number of rotatable bonds is 3. The fraction of sp³-hybridized carbons (Fsp3) is 0.267. The Kier molecular flexibility index (Phi) is 3.72. The maximum atomic E-state index is 11.3. The van der Waals surface area contributed by atoms with E-state index in [4.69, 9.17) is 0 Å². The van der Waals surface area contributed by atoms with Crippen LogP contribution in [0.5, 0.6) is 0 Å². The van der Waals surface area contributed by atoms with E-state index in [9.17, 15) is 9.90 Å². The number of fused-ring (bicyclic) bond motifs is 1. The molecule has 5 heteroatoms. The topological polar surface area (TPSA) is 49.3 Å². The van der Waals surface area contributed by atoms with Crippen molar-refractivity contribution in [2.45, 2.75) is 28.8 Å². The standard InChI is InChI=1S/C15H15NO2S2/c1-9-8-13(11-6-7-19-15(11)20-9)16-12-5-3-2-4-10(12)14(17)18/h2-7,9,13,16H,8H2,1H3,(H,17,18)/t9-,13?/m0/s1. The largest absolute Gasteiger partial charge is 0.478 e. The normalized spacial score (nSPS) is 21.2. The second-order valence-corrected chi connectivity index (χ2v) is 7.50. The molecule has 2 atom stereocenters. The molecule has 1 aliphatic rings.